The number of likely N-dealkylation sites (tertiary alicyclic amines) is 1. The highest BCUT2D eigenvalue weighted by Crippen LogP contribution is 2.22. The largest absolute Gasteiger partial charge is 0.393 e. The maximum Gasteiger partial charge on any atom is 0.319 e. The van der Waals surface area contributed by atoms with Gasteiger partial charge < -0.3 is 20.6 Å². The van der Waals surface area contributed by atoms with Crippen LogP contribution in [0, 0.1) is 12.8 Å². The number of piperidine rings is 1. The van der Waals surface area contributed by atoms with Crippen LogP contribution in [0.5, 0.6) is 0 Å². The number of aliphatic hydroxyl groups is 1. The molecule has 27 heavy (non-hydrogen) atoms. The Labute approximate surface area is 161 Å². The molecule has 1 aliphatic heterocycles. The van der Waals surface area contributed by atoms with E-state index in [2.05, 4.69) is 17.6 Å². The van der Waals surface area contributed by atoms with E-state index in [1.807, 2.05) is 17.9 Å². The van der Waals surface area contributed by atoms with Gasteiger partial charge in [0.25, 0.3) is 5.91 Å². The molecule has 0 radical (unpaired) electrons. The lowest BCUT2D eigenvalue weighted by atomic mass is 9.93. The van der Waals surface area contributed by atoms with Crippen LogP contribution >= 0.6 is 0 Å². The average Bonchev–Trinajstić information content (AvgIpc) is 2.64. The number of anilines is 1. The van der Waals surface area contributed by atoms with Gasteiger partial charge in [0.05, 0.1) is 6.10 Å². The van der Waals surface area contributed by atoms with Crippen molar-refractivity contribution in [1.82, 2.24) is 10.2 Å². The van der Waals surface area contributed by atoms with Crippen LogP contribution in [-0.4, -0.2) is 47.2 Å². The fraction of sp³-hybridized carbons (Fsp3) is 0.619. The van der Waals surface area contributed by atoms with Crippen LogP contribution in [-0.2, 0) is 0 Å². The first-order chi connectivity index (χ1) is 12.9. The van der Waals surface area contributed by atoms with Crippen molar-refractivity contribution in [3.05, 3.63) is 29.3 Å². The summed E-state index contributed by atoms with van der Waals surface area (Å²) in [5.74, 6) is 0.621. The second-order valence-corrected chi connectivity index (χ2v) is 8.13. The summed E-state index contributed by atoms with van der Waals surface area (Å²) in [6.07, 6.45) is 5.07. The minimum atomic E-state index is -0.235. The fourth-order valence-electron chi connectivity index (χ4n) is 4.06. The van der Waals surface area contributed by atoms with E-state index in [4.69, 9.17) is 0 Å². The molecule has 148 valence electrons. The minimum Gasteiger partial charge on any atom is -0.393 e. The topological polar surface area (TPSA) is 81.7 Å². The summed E-state index contributed by atoms with van der Waals surface area (Å²) in [7, 11) is 0. The van der Waals surface area contributed by atoms with Gasteiger partial charge in [0.2, 0.25) is 0 Å². The van der Waals surface area contributed by atoms with Crippen LogP contribution in [0.1, 0.15) is 61.4 Å². The van der Waals surface area contributed by atoms with Gasteiger partial charge in [0.15, 0.2) is 0 Å². The Hall–Kier alpha value is -2.08. The Morgan fingerprint density at radius 3 is 2.56 bits per heavy atom. The molecule has 0 bridgehead atoms. The van der Waals surface area contributed by atoms with Gasteiger partial charge in [-0.3, -0.25) is 4.79 Å². The van der Waals surface area contributed by atoms with E-state index in [0.29, 0.717) is 17.2 Å². The first-order valence-electron chi connectivity index (χ1n) is 10.1. The first kappa shape index (κ1) is 19.7. The highest BCUT2D eigenvalue weighted by molar-refractivity contribution is 5.96. The average molecular weight is 373 g/mol. The van der Waals surface area contributed by atoms with Gasteiger partial charge in [-0.15, -0.1) is 0 Å². The van der Waals surface area contributed by atoms with E-state index < -0.39 is 0 Å². The van der Waals surface area contributed by atoms with Crippen LogP contribution in [0.4, 0.5) is 10.5 Å². The highest BCUT2D eigenvalue weighted by Gasteiger charge is 2.23. The smallest absolute Gasteiger partial charge is 0.319 e. The van der Waals surface area contributed by atoms with Crippen LogP contribution in [0.25, 0.3) is 0 Å². The Balaban J connectivity index is 1.57. The number of nitrogens with one attached hydrogen (secondary N) is 2. The number of aliphatic hydroxyl groups excluding tert-OH is 1. The predicted octanol–water partition coefficient (Wildman–Crippen LogP) is 3.29. The fourth-order valence-corrected chi connectivity index (χ4v) is 4.06. The monoisotopic (exact) mass is 373 g/mol. The van der Waals surface area contributed by atoms with Crippen LogP contribution in [0.3, 0.4) is 0 Å². The molecule has 3 amide bonds. The second kappa shape index (κ2) is 8.74. The number of carbonyl (C=O) groups excluding carboxylic acids is 2. The molecule has 1 aromatic carbocycles. The van der Waals surface area contributed by atoms with Gasteiger partial charge >= 0.3 is 6.03 Å². The molecular weight excluding hydrogens is 342 g/mol. The summed E-state index contributed by atoms with van der Waals surface area (Å²) in [6.45, 7) is 5.72. The Kier molecular flexibility index (Phi) is 6.37. The molecule has 1 unspecified atom stereocenters. The lowest BCUT2D eigenvalue weighted by Crippen LogP contribution is -2.41. The molecule has 1 aromatic rings. The van der Waals surface area contributed by atoms with Crippen LogP contribution in [0.15, 0.2) is 18.2 Å². The summed E-state index contributed by atoms with van der Waals surface area (Å²) >= 11 is 0. The van der Waals surface area contributed by atoms with Crippen molar-refractivity contribution in [3.8, 4) is 0 Å². The van der Waals surface area contributed by atoms with Gasteiger partial charge in [0.1, 0.15) is 0 Å². The molecule has 1 saturated heterocycles. The summed E-state index contributed by atoms with van der Waals surface area (Å²) in [4.78, 5) is 26.9. The molecule has 6 nitrogen and oxygen atoms in total. The van der Waals surface area contributed by atoms with Crippen LogP contribution in [0.2, 0.25) is 0 Å². The number of nitrogens with zero attached hydrogens (tertiary/aromatic N) is 1. The van der Waals surface area contributed by atoms with Crippen molar-refractivity contribution in [2.24, 2.45) is 5.92 Å². The molecule has 3 rings (SSSR count). The molecule has 3 N–H and O–H groups in total. The number of carbonyl (C=O) groups is 2. The molecule has 2 fully saturated rings. The van der Waals surface area contributed by atoms with Crippen molar-refractivity contribution >= 4 is 17.6 Å². The van der Waals surface area contributed by atoms with Crippen molar-refractivity contribution < 1.29 is 14.7 Å². The third-order valence-corrected chi connectivity index (χ3v) is 5.70. The summed E-state index contributed by atoms with van der Waals surface area (Å²) < 4.78 is 0. The molecule has 2 aliphatic rings. The number of urea groups is 1. The number of hydrogen-bond donors (Lipinski definition) is 3. The lowest BCUT2D eigenvalue weighted by molar-refractivity contribution is 0.0683. The Bertz CT molecular complexity index is 683. The van der Waals surface area contributed by atoms with Crippen molar-refractivity contribution in [3.63, 3.8) is 0 Å². The molecule has 1 saturated carbocycles. The maximum absolute atomic E-state index is 12.7. The van der Waals surface area contributed by atoms with E-state index in [1.165, 1.54) is 6.42 Å². The van der Waals surface area contributed by atoms with E-state index in [9.17, 15) is 14.7 Å². The standard InChI is InChI=1S/C21H31N3O3/c1-14-4-3-11-24(13-14)20(26)16-5-10-19(15(2)12-16)23-21(27)22-17-6-8-18(25)9-7-17/h5,10,12,14,17-18,25H,3-4,6-9,11,13H2,1-2H3,(H2,22,23,27). The number of aryl methyl sites for hydroxylation is 1. The van der Waals surface area contributed by atoms with Gasteiger partial charge in [-0.1, -0.05) is 6.92 Å². The molecule has 1 atom stereocenters. The molecule has 0 aromatic heterocycles. The molecule has 1 heterocycles. The van der Waals surface area contributed by atoms with E-state index >= 15 is 0 Å². The predicted molar refractivity (Wildman–Crippen MR) is 106 cm³/mol. The van der Waals surface area contributed by atoms with E-state index in [1.54, 1.807) is 12.1 Å². The van der Waals surface area contributed by atoms with Gasteiger partial charge in [-0.25, -0.2) is 4.79 Å². The van der Waals surface area contributed by atoms with E-state index in [-0.39, 0.29) is 24.1 Å². The number of rotatable bonds is 3. The number of hydrogen-bond acceptors (Lipinski definition) is 3. The zero-order valence-electron chi connectivity index (χ0n) is 16.3. The second-order valence-electron chi connectivity index (χ2n) is 8.13. The lowest BCUT2D eigenvalue weighted by Gasteiger charge is -2.31. The number of benzene rings is 1. The third-order valence-electron chi connectivity index (χ3n) is 5.70. The molecule has 1 aliphatic carbocycles. The quantitative estimate of drug-likeness (QED) is 0.760. The van der Waals surface area contributed by atoms with Gasteiger partial charge in [0, 0.05) is 30.4 Å². The van der Waals surface area contributed by atoms with Crippen LogP contribution < -0.4 is 10.6 Å². The molecule has 6 heteroatoms. The first-order valence-corrected chi connectivity index (χ1v) is 10.1. The molecular formula is C21H31N3O3. The summed E-state index contributed by atoms with van der Waals surface area (Å²) in [5, 5.41) is 15.4. The zero-order valence-corrected chi connectivity index (χ0v) is 16.3. The highest BCUT2D eigenvalue weighted by atomic mass is 16.3. The summed E-state index contributed by atoms with van der Waals surface area (Å²) in [6, 6.07) is 5.33. The van der Waals surface area contributed by atoms with E-state index in [0.717, 1.165) is 50.8 Å². The van der Waals surface area contributed by atoms with Crippen molar-refractivity contribution in [2.45, 2.75) is 64.5 Å². The molecule has 0 spiro atoms. The van der Waals surface area contributed by atoms with Crippen molar-refractivity contribution in [2.75, 3.05) is 18.4 Å². The summed E-state index contributed by atoms with van der Waals surface area (Å²) in [5.41, 5.74) is 2.26. The van der Waals surface area contributed by atoms with Gasteiger partial charge in [-0.2, -0.15) is 0 Å². The normalized spacial score (nSPS) is 25.7. The van der Waals surface area contributed by atoms with Crippen molar-refractivity contribution in [1.29, 1.82) is 0 Å². The Morgan fingerprint density at radius 1 is 1.15 bits per heavy atom. The minimum absolute atomic E-state index is 0.0708. The van der Waals surface area contributed by atoms with Gasteiger partial charge in [-0.05, 0) is 75.1 Å². The maximum atomic E-state index is 12.7. The SMILES string of the molecule is Cc1cc(C(=O)N2CCCC(C)C2)ccc1NC(=O)NC1CCC(O)CC1. The third kappa shape index (κ3) is 5.22. The Morgan fingerprint density at radius 2 is 1.89 bits per heavy atom. The zero-order chi connectivity index (χ0) is 19.4. The number of amides is 3.